The highest BCUT2D eigenvalue weighted by Gasteiger charge is 2.21. The Morgan fingerprint density at radius 1 is 1.21 bits per heavy atom. The lowest BCUT2D eigenvalue weighted by Gasteiger charge is -2.15. The topological polar surface area (TPSA) is 37.4 Å². The summed E-state index contributed by atoms with van der Waals surface area (Å²) < 4.78 is 0. The van der Waals surface area contributed by atoms with Gasteiger partial charge in [0.2, 0.25) is 5.91 Å². The first-order valence-corrected chi connectivity index (χ1v) is 7.16. The minimum Gasteiger partial charge on any atom is -0.312 e. The first-order chi connectivity index (χ1) is 9.22. The van der Waals surface area contributed by atoms with Gasteiger partial charge in [-0.05, 0) is 37.1 Å². The van der Waals surface area contributed by atoms with E-state index in [1.54, 1.807) is 4.90 Å². The van der Waals surface area contributed by atoms with Crippen molar-refractivity contribution in [2.75, 3.05) is 11.4 Å². The maximum Gasteiger partial charge on any atom is 0.227 e. The van der Waals surface area contributed by atoms with Crippen LogP contribution in [-0.2, 0) is 4.79 Å². The van der Waals surface area contributed by atoms with Crippen molar-refractivity contribution < 1.29 is 9.59 Å². The Bertz CT molecular complexity index is 450. The number of carbonyl (C=O) groups excluding carboxylic acids is 2. The summed E-state index contributed by atoms with van der Waals surface area (Å²) in [5.74, 6) is 0.384. The van der Waals surface area contributed by atoms with Crippen LogP contribution in [-0.4, -0.2) is 18.2 Å². The van der Waals surface area contributed by atoms with Crippen molar-refractivity contribution in [2.24, 2.45) is 0 Å². The third-order valence-corrected chi connectivity index (χ3v) is 3.58. The Labute approximate surface area is 114 Å². The lowest BCUT2D eigenvalue weighted by atomic mass is 10.0. The highest BCUT2D eigenvalue weighted by molar-refractivity contribution is 5.98. The predicted molar refractivity (Wildman–Crippen MR) is 76.5 cm³/mol. The van der Waals surface area contributed by atoms with Crippen LogP contribution in [0.25, 0.3) is 0 Å². The van der Waals surface area contributed by atoms with Crippen LogP contribution in [0, 0.1) is 0 Å². The van der Waals surface area contributed by atoms with E-state index in [1.165, 1.54) is 0 Å². The molecule has 0 bridgehead atoms. The number of amides is 1. The largest absolute Gasteiger partial charge is 0.312 e. The second-order valence-corrected chi connectivity index (χ2v) is 5.08. The van der Waals surface area contributed by atoms with E-state index in [2.05, 4.69) is 6.92 Å². The number of unbranched alkanes of at least 4 members (excludes halogenated alkanes) is 2. The van der Waals surface area contributed by atoms with Crippen LogP contribution in [0.1, 0.15) is 55.8 Å². The van der Waals surface area contributed by atoms with Gasteiger partial charge in [-0.2, -0.15) is 0 Å². The number of hydrogen-bond acceptors (Lipinski definition) is 2. The quantitative estimate of drug-likeness (QED) is 0.578. The van der Waals surface area contributed by atoms with Gasteiger partial charge in [0.15, 0.2) is 5.78 Å². The smallest absolute Gasteiger partial charge is 0.227 e. The molecule has 19 heavy (non-hydrogen) atoms. The van der Waals surface area contributed by atoms with Crippen LogP contribution < -0.4 is 4.90 Å². The minimum absolute atomic E-state index is 0.182. The fourth-order valence-electron chi connectivity index (χ4n) is 2.43. The van der Waals surface area contributed by atoms with Crippen LogP contribution in [0.3, 0.4) is 0 Å². The molecule has 0 N–H and O–H groups in total. The van der Waals surface area contributed by atoms with Gasteiger partial charge in [-0.25, -0.2) is 0 Å². The summed E-state index contributed by atoms with van der Waals surface area (Å²) >= 11 is 0. The normalized spacial score (nSPS) is 15.0. The number of nitrogens with zero attached hydrogens (tertiary/aromatic N) is 1. The molecule has 1 aliphatic rings. The summed E-state index contributed by atoms with van der Waals surface area (Å²) in [5, 5.41) is 0. The van der Waals surface area contributed by atoms with Crippen LogP contribution in [0.4, 0.5) is 5.69 Å². The molecule has 0 aliphatic carbocycles. The minimum atomic E-state index is 0.182. The number of rotatable bonds is 6. The summed E-state index contributed by atoms with van der Waals surface area (Å²) in [6.45, 7) is 2.93. The molecule has 3 heteroatoms. The number of Topliss-reactive ketones (excluding diaryl/α,β-unsaturated/α-hetero) is 1. The molecule has 1 saturated heterocycles. The number of carbonyl (C=O) groups is 2. The maximum absolute atomic E-state index is 11.9. The van der Waals surface area contributed by atoms with Crippen molar-refractivity contribution in [1.29, 1.82) is 0 Å². The molecule has 1 aliphatic heterocycles. The van der Waals surface area contributed by atoms with Gasteiger partial charge in [0, 0.05) is 30.6 Å². The summed E-state index contributed by atoms with van der Waals surface area (Å²) in [4.78, 5) is 25.4. The zero-order valence-corrected chi connectivity index (χ0v) is 11.5. The highest BCUT2D eigenvalue weighted by Crippen LogP contribution is 2.22. The predicted octanol–water partition coefficient (Wildman–Crippen LogP) is 3.58. The molecule has 1 aromatic rings. The third-order valence-electron chi connectivity index (χ3n) is 3.58. The van der Waals surface area contributed by atoms with E-state index >= 15 is 0 Å². The lowest BCUT2D eigenvalue weighted by Crippen LogP contribution is -2.23. The summed E-state index contributed by atoms with van der Waals surface area (Å²) in [5.41, 5.74) is 1.67. The maximum atomic E-state index is 11.9. The van der Waals surface area contributed by atoms with E-state index in [4.69, 9.17) is 0 Å². The number of anilines is 1. The van der Waals surface area contributed by atoms with E-state index in [-0.39, 0.29) is 11.7 Å². The molecule has 0 unspecified atom stereocenters. The Morgan fingerprint density at radius 3 is 2.53 bits per heavy atom. The second-order valence-electron chi connectivity index (χ2n) is 5.08. The molecule has 1 aromatic carbocycles. The summed E-state index contributed by atoms with van der Waals surface area (Å²) in [6.07, 6.45) is 5.38. The first-order valence-electron chi connectivity index (χ1n) is 7.16. The van der Waals surface area contributed by atoms with Crippen molar-refractivity contribution in [3.8, 4) is 0 Å². The molecule has 0 aromatic heterocycles. The number of ketones is 1. The van der Waals surface area contributed by atoms with Gasteiger partial charge >= 0.3 is 0 Å². The monoisotopic (exact) mass is 259 g/mol. The van der Waals surface area contributed by atoms with Crippen molar-refractivity contribution in [1.82, 2.24) is 0 Å². The molecule has 1 amide bonds. The standard InChI is InChI=1S/C16H21NO2/c1-2-3-4-6-15(18)13-8-10-14(11-9-13)17-12-5-7-16(17)19/h8-11H,2-7,12H2,1H3. The van der Waals surface area contributed by atoms with Gasteiger partial charge in [0.25, 0.3) is 0 Å². The molecule has 0 saturated carbocycles. The first kappa shape index (κ1) is 13.8. The Hall–Kier alpha value is -1.64. The molecule has 2 rings (SSSR count). The van der Waals surface area contributed by atoms with E-state index in [1.807, 2.05) is 24.3 Å². The van der Waals surface area contributed by atoms with Crippen LogP contribution in [0.2, 0.25) is 0 Å². The Balaban J connectivity index is 1.98. The van der Waals surface area contributed by atoms with Gasteiger partial charge in [0.1, 0.15) is 0 Å². The van der Waals surface area contributed by atoms with Gasteiger partial charge in [0.05, 0.1) is 0 Å². The van der Waals surface area contributed by atoms with Gasteiger partial charge < -0.3 is 4.90 Å². The Kier molecular flexibility index (Phi) is 4.72. The lowest BCUT2D eigenvalue weighted by molar-refractivity contribution is -0.117. The van der Waals surface area contributed by atoms with Gasteiger partial charge in [-0.1, -0.05) is 19.8 Å². The molecule has 0 radical (unpaired) electrons. The summed E-state index contributed by atoms with van der Waals surface area (Å²) in [7, 11) is 0. The van der Waals surface area contributed by atoms with E-state index in [9.17, 15) is 9.59 Å². The van der Waals surface area contributed by atoms with Crippen molar-refractivity contribution in [3.63, 3.8) is 0 Å². The fraction of sp³-hybridized carbons (Fsp3) is 0.500. The van der Waals surface area contributed by atoms with Gasteiger partial charge in [-0.3, -0.25) is 9.59 Å². The molecule has 0 atom stereocenters. The number of benzene rings is 1. The van der Waals surface area contributed by atoms with Crippen LogP contribution >= 0.6 is 0 Å². The van der Waals surface area contributed by atoms with E-state index < -0.39 is 0 Å². The van der Waals surface area contributed by atoms with Crippen molar-refractivity contribution in [3.05, 3.63) is 29.8 Å². The number of hydrogen-bond donors (Lipinski definition) is 0. The Morgan fingerprint density at radius 2 is 1.95 bits per heavy atom. The third kappa shape index (κ3) is 3.43. The average Bonchev–Trinajstić information content (AvgIpc) is 2.85. The molecular formula is C16H21NO2. The summed E-state index contributed by atoms with van der Waals surface area (Å²) in [6, 6.07) is 7.46. The molecule has 0 spiro atoms. The van der Waals surface area contributed by atoms with Crippen LogP contribution in [0.15, 0.2) is 24.3 Å². The average molecular weight is 259 g/mol. The zero-order chi connectivity index (χ0) is 13.7. The van der Waals surface area contributed by atoms with Crippen molar-refractivity contribution in [2.45, 2.75) is 45.4 Å². The zero-order valence-electron chi connectivity index (χ0n) is 11.5. The molecular weight excluding hydrogens is 238 g/mol. The SMILES string of the molecule is CCCCCC(=O)c1ccc(N2CCCC2=O)cc1. The van der Waals surface area contributed by atoms with Crippen molar-refractivity contribution >= 4 is 17.4 Å². The molecule has 102 valence electrons. The second kappa shape index (κ2) is 6.50. The van der Waals surface area contributed by atoms with E-state index in [0.717, 1.165) is 43.5 Å². The molecule has 1 fully saturated rings. The van der Waals surface area contributed by atoms with Gasteiger partial charge in [-0.15, -0.1) is 0 Å². The highest BCUT2D eigenvalue weighted by atomic mass is 16.2. The van der Waals surface area contributed by atoms with E-state index in [0.29, 0.717) is 12.8 Å². The molecule has 1 heterocycles. The molecule has 3 nitrogen and oxygen atoms in total. The van der Waals surface area contributed by atoms with Crippen LogP contribution in [0.5, 0.6) is 0 Å². The fourth-order valence-corrected chi connectivity index (χ4v) is 2.43.